The molecule has 0 aromatic heterocycles. The molecule has 84 valence electrons. The molecule has 0 saturated carbocycles. The molecule has 0 radical (unpaired) electrons. The highest BCUT2D eigenvalue weighted by atomic mass is 16.4. The van der Waals surface area contributed by atoms with Crippen molar-refractivity contribution in [1.82, 2.24) is 0 Å². The molecule has 1 aromatic rings. The maximum Gasteiger partial charge on any atom is 0.310 e. The Labute approximate surface area is 92.8 Å². The highest BCUT2D eigenvalue weighted by Crippen LogP contribution is 2.09. The first kappa shape index (κ1) is 12.0. The van der Waals surface area contributed by atoms with E-state index in [-0.39, 0.29) is 0 Å². The van der Waals surface area contributed by atoms with Crippen molar-refractivity contribution in [3.8, 4) is 0 Å². The summed E-state index contributed by atoms with van der Waals surface area (Å²) in [6.07, 6.45) is 2.60. The van der Waals surface area contributed by atoms with Gasteiger partial charge in [-0.15, -0.1) is 0 Å². The second-order valence-electron chi connectivity index (χ2n) is 3.31. The lowest BCUT2D eigenvalue weighted by molar-refractivity contribution is -0.146. The van der Waals surface area contributed by atoms with E-state index in [1.165, 1.54) is 6.08 Å². The number of carboxylic acids is 2. The largest absolute Gasteiger partial charge is 0.481 e. The molecule has 2 N–H and O–H groups in total. The lowest BCUT2D eigenvalue weighted by atomic mass is 10.0. The molecule has 16 heavy (non-hydrogen) atoms. The van der Waals surface area contributed by atoms with Crippen LogP contribution in [0.3, 0.4) is 0 Å². The highest BCUT2D eigenvalue weighted by Gasteiger charge is 2.17. The molecule has 0 aliphatic carbocycles. The standard InChI is InChI=1S/C12H12O4/c13-11(14)8-10(12(15)16)7-6-9-4-2-1-3-5-9/h1-7,10H,8H2,(H,13,14)(H,15,16)/b7-6+. The Morgan fingerprint density at radius 2 is 1.81 bits per heavy atom. The van der Waals surface area contributed by atoms with Gasteiger partial charge in [0.15, 0.2) is 0 Å². The van der Waals surface area contributed by atoms with Gasteiger partial charge in [0.1, 0.15) is 0 Å². The monoisotopic (exact) mass is 220 g/mol. The minimum Gasteiger partial charge on any atom is -0.481 e. The van der Waals surface area contributed by atoms with E-state index in [4.69, 9.17) is 10.2 Å². The highest BCUT2D eigenvalue weighted by molar-refractivity contribution is 5.80. The van der Waals surface area contributed by atoms with Gasteiger partial charge < -0.3 is 10.2 Å². The van der Waals surface area contributed by atoms with Gasteiger partial charge in [-0.25, -0.2) is 0 Å². The van der Waals surface area contributed by atoms with E-state index in [0.717, 1.165) is 5.56 Å². The zero-order chi connectivity index (χ0) is 12.0. The fraction of sp³-hybridized carbons (Fsp3) is 0.167. The van der Waals surface area contributed by atoms with Crippen molar-refractivity contribution < 1.29 is 19.8 Å². The van der Waals surface area contributed by atoms with Crippen LogP contribution in [0, 0.1) is 5.92 Å². The van der Waals surface area contributed by atoms with Gasteiger partial charge in [-0.1, -0.05) is 42.5 Å². The summed E-state index contributed by atoms with van der Waals surface area (Å²) in [5.74, 6) is -3.24. The van der Waals surface area contributed by atoms with Crippen LogP contribution in [0.25, 0.3) is 6.08 Å². The molecular weight excluding hydrogens is 208 g/mol. The average Bonchev–Trinajstić information content (AvgIpc) is 2.25. The third-order valence-electron chi connectivity index (χ3n) is 2.03. The summed E-state index contributed by atoms with van der Waals surface area (Å²) in [7, 11) is 0. The molecule has 4 heteroatoms. The van der Waals surface area contributed by atoms with E-state index in [1.807, 2.05) is 30.3 Å². The first-order valence-electron chi connectivity index (χ1n) is 4.77. The van der Waals surface area contributed by atoms with Crippen molar-refractivity contribution in [3.05, 3.63) is 42.0 Å². The first-order chi connectivity index (χ1) is 7.59. The minimum atomic E-state index is -1.13. The lowest BCUT2D eigenvalue weighted by Gasteiger charge is -2.03. The molecule has 1 atom stereocenters. The smallest absolute Gasteiger partial charge is 0.310 e. The van der Waals surface area contributed by atoms with E-state index < -0.39 is 24.3 Å². The number of carbonyl (C=O) groups is 2. The number of hydrogen-bond donors (Lipinski definition) is 2. The summed E-state index contributed by atoms with van der Waals surface area (Å²) in [5, 5.41) is 17.3. The number of carboxylic acid groups (broad SMARTS) is 2. The van der Waals surface area contributed by atoms with E-state index in [0.29, 0.717) is 0 Å². The summed E-state index contributed by atoms with van der Waals surface area (Å²) in [6, 6.07) is 9.13. The molecule has 0 aliphatic heterocycles. The summed E-state index contributed by atoms with van der Waals surface area (Å²) >= 11 is 0. The summed E-state index contributed by atoms with van der Waals surface area (Å²) in [4.78, 5) is 21.2. The molecule has 0 bridgehead atoms. The molecule has 1 unspecified atom stereocenters. The van der Waals surface area contributed by atoms with E-state index in [2.05, 4.69) is 0 Å². The molecule has 0 heterocycles. The predicted molar refractivity (Wildman–Crippen MR) is 58.9 cm³/mol. The van der Waals surface area contributed by atoms with Gasteiger partial charge in [0.05, 0.1) is 12.3 Å². The fourth-order valence-corrected chi connectivity index (χ4v) is 1.22. The summed E-state index contributed by atoms with van der Waals surface area (Å²) < 4.78 is 0. The third-order valence-corrected chi connectivity index (χ3v) is 2.03. The number of aliphatic carboxylic acids is 2. The fourth-order valence-electron chi connectivity index (χ4n) is 1.22. The Hall–Kier alpha value is -2.10. The Balaban J connectivity index is 2.72. The van der Waals surface area contributed by atoms with Crippen molar-refractivity contribution in [2.45, 2.75) is 6.42 Å². The van der Waals surface area contributed by atoms with Crippen LogP contribution < -0.4 is 0 Å². The molecular formula is C12H12O4. The van der Waals surface area contributed by atoms with E-state index >= 15 is 0 Å². The van der Waals surface area contributed by atoms with Crippen LogP contribution in [0.1, 0.15) is 12.0 Å². The van der Waals surface area contributed by atoms with Crippen LogP contribution in [-0.2, 0) is 9.59 Å². The quantitative estimate of drug-likeness (QED) is 0.794. The van der Waals surface area contributed by atoms with Crippen molar-refractivity contribution in [2.24, 2.45) is 5.92 Å². The van der Waals surface area contributed by atoms with Gasteiger partial charge in [0.2, 0.25) is 0 Å². The van der Waals surface area contributed by atoms with Crippen LogP contribution in [0.2, 0.25) is 0 Å². The van der Waals surface area contributed by atoms with Crippen LogP contribution >= 0.6 is 0 Å². The van der Waals surface area contributed by atoms with Crippen molar-refractivity contribution in [3.63, 3.8) is 0 Å². The normalized spacial score (nSPS) is 12.5. The predicted octanol–water partition coefficient (Wildman–Crippen LogP) is 1.88. The molecule has 1 rings (SSSR count). The second kappa shape index (κ2) is 5.70. The van der Waals surface area contributed by atoms with Crippen molar-refractivity contribution >= 4 is 18.0 Å². The van der Waals surface area contributed by atoms with Crippen LogP contribution in [0.5, 0.6) is 0 Å². The average molecular weight is 220 g/mol. The van der Waals surface area contributed by atoms with Gasteiger partial charge in [0, 0.05) is 0 Å². The molecule has 0 fully saturated rings. The van der Waals surface area contributed by atoms with E-state index in [9.17, 15) is 9.59 Å². The Kier molecular flexibility index (Phi) is 4.27. The second-order valence-corrected chi connectivity index (χ2v) is 3.31. The third kappa shape index (κ3) is 3.96. The SMILES string of the molecule is O=C(O)CC(/C=C/c1ccccc1)C(=O)O. The zero-order valence-corrected chi connectivity index (χ0v) is 8.54. The molecule has 0 aliphatic rings. The van der Waals surface area contributed by atoms with Crippen molar-refractivity contribution in [1.29, 1.82) is 0 Å². The molecule has 1 aromatic carbocycles. The Morgan fingerprint density at radius 1 is 1.19 bits per heavy atom. The maximum atomic E-state index is 10.7. The number of hydrogen-bond acceptors (Lipinski definition) is 2. The Bertz CT molecular complexity index is 395. The summed E-state index contributed by atoms with van der Waals surface area (Å²) in [6.45, 7) is 0. The molecule has 0 spiro atoms. The van der Waals surface area contributed by atoms with Gasteiger partial charge in [-0.05, 0) is 5.56 Å². The maximum absolute atomic E-state index is 10.7. The Morgan fingerprint density at radius 3 is 2.31 bits per heavy atom. The van der Waals surface area contributed by atoms with Crippen LogP contribution in [0.15, 0.2) is 36.4 Å². The van der Waals surface area contributed by atoms with Crippen molar-refractivity contribution in [2.75, 3.05) is 0 Å². The zero-order valence-electron chi connectivity index (χ0n) is 8.54. The van der Waals surface area contributed by atoms with Gasteiger partial charge in [-0.2, -0.15) is 0 Å². The summed E-state index contributed by atoms with van der Waals surface area (Å²) in [5.41, 5.74) is 0.846. The van der Waals surface area contributed by atoms with Crippen LogP contribution in [0.4, 0.5) is 0 Å². The van der Waals surface area contributed by atoms with Gasteiger partial charge >= 0.3 is 11.9 Å². The minimum absolute atomic E-state index is 0.404. The molecule has 0 amide bonds. The number of benzene rings is 1. The first-order valence-corrected chi connectivity index (χ1v) is 4.77. The number of rotatable bonds is 5. The van der Waals surface area contributed by atoms with Gasteiger partial charge in [0.25, 0.3) is 0 Å². The van der Waals surface area contributed by atoms with Gasteiger partial charge in [-0.3, -0.25) is 9.59 Å². The van der Waals surface area contributed by atoms with Crippen LogP contribution in [-0.4, -0.2) is 22.2 Å². The molecule has 4 nitrogen and oxygen atoms in total. The topological polar surface area (TPSA) is 74.6 Å². The van der Waals surface area contributed by atoms with E-state index in [1.54, 1.807) is 6.08 Å². The lowest BCUT2D eigenvalue weighted by Crippen LogP contribution is -2.15. The molecule has 0 saturated heterocycles.